The molecule has 0 aliphatic carbocycles. The predicted octanol–water partition coefficient (Wildman–Crippen LogP) is 2.15. The number of nitrogens with zero attached hydrogens (tertiary/aromatic N) is 3. The standard InChI is InChI=1S/C18H19FN5OPS/c1-8-9(2)22-23-18-14(8)15(20)16(27-18)17(25)21-11-6-24(7-11)12-3-10(19)4-13(26)5-12/h3-5,11H,6-7,20,26H2,1-2H3,(H,21,25). The van der Waals surface area contributed by atoms with Gasteiger partial charge in [-0.05, 0) is 42.9 Å². The van der Waals surface area contributed by atoms with E-state index in [4.69, 9.17) is 5.73 Å². The molecule has 0 spiro atoms. The molecule has 2 aromatic heterocycles. The Bertz CT molecular complexity index is 1040. The Kier molecular flexibility index (Phi) is 4.48. The predicted molar refractivity (Wildman–Crippen MR) is 111 cm³/mol. The van der Waals surface area contributed by atoms with Crippen molar-refractivity contribution in [1.82, 2.24) is 15.5 Å². The van der Waals surface area contributed by atoms with Gasteiger partial charge in [-0.1, -0.05) is 0 Å². The number of aryl methyl sites for hydroxylation is 2. The normalized spacial score (nSPS) is 14.4. The lowest BCUT2D eigenvalue weighted by atomic mass is 10.1. The fourth-order valence-corrected chi connectivity index (χ4v) is 4.55. The number of rotatable bonds is 3. The van der Waals surface area contributed by atoms with E-state index in [0.717, 1.165) is 27.6 Å². The molecule has 3 N–H and O–H groups in total. The molecule has 1 aliphatic rings. The van der Waals surface area contributed by atoms with Crippen LogP contribution in [0.2, 0.25) is 0 Å². The number of halogens is 1. The molecule has 27 heavy (non-hydrogen) atoms. The summed E-state index contributed by atoms with van der Waals surface area (Å²) in [5.74, 6) is -0.474. The molecule has 4 rings (SSSR count). The average molecular weight is 403 g/mol. The van der Waals surface area contributed by atoms with Crippen molar-refractivity contribution >= 4 is 53.4 Å². The van der Waals surface area contributed by atoms with Crippen molar-refractivity contribution in [3.8, 4) is 0 Å². The van der Waals surface area contributed by atoms with Crippen LogP contribution in [0.15, 0.2) is 18.2 Å². The monoisotopic (exact) mass is 403 g/mol. The molecule has 0 saturated carbocycles. The summed E-state index contributed by atoms with van der Waals surface area (Å²) in [5.41, 5.74) is 9.24. The number of nitrogen functional groups attached to an aromatic ring is 1. The number of thiophene rings is 1. The van der Waals surface area contributed by atoms with Crippen LogP contribution in [-0.2, 0) is 0 Å². The molecule has 9 heteroatoms. The van der Waals surface area contributed by atoms with E-state index in [9.17, 15) is 9.18 Å². The summed E-state index contributed by atoms with van der Waals surface area (Å²) in [6.07, 6.45) is 0. The van der Waals surface area contributed by atoms with Crippen LogP contribution in [0.4, 0.5) is 15.8 Å². The zero-order valence-electron chi connectivity index (χ0n) is 14.9. The summed E-state index contributed by atoms with van der Waals surface area (Å²) in [6.45, 7) is 5.05. The number of nitrogens with one attached hydrogen (secondary N) is 1. The minimum Gasteiger partial charge on any atom is -0.397 e. The molecule has 6 nitrogen and oxygen atoms in total. The molecule has 140 valence electrons. The van der Waals surface area contributed by atoms with E-state index in [-0.39, 0.29) is 17.8 Å². The van der Waals surface area contributed by atoms with Crippen LogP contribution in [0.25, 0.3) is 10.2 Å². The highest BCUT2D eigenvalue weighted by atomic mass is 32.1. The molecule has 1 unspecified atom stereocenters. The molecule has 1 amide bonds. The van der Waals surface area contributed by atoms with Gasteiger partial charge in [-0.25, -0.2) is 4.39 Å². The van der Waals surface area contributed by atoms with Crippen molar-refractivity contribution < 1.29 is 9.18 Å². The summed E-state index contributed by atoms with van der Waals surface area (Å²) in [7, 11) is 2.50. The minimum atomic E-state index is -0.269. The van der Waals surface area contributed by atoms with Gasteiger partial charge in [-0.2, -0.15) is 5.10 Å². The second-order valence-electron chi connectivity index (χ2n) is 6.75. The van der Waals surface area contributed by atoms with E-state index in [2.05, 4.69) is 24.8 Å². The first-order chi connectivity index (χ1) is 12.8. The Morgan fingerprint density at radius 1 is 1.33 bits per heavy atom. The average Bonchev–Trinajstić information content (AvgIpc) is 2.90. The fourth-order valence-electron chi connectivity index (χ4n) is 3.22. The van der Waals surface area contributed by atoms with E-state index in [1.54, 1.807) is 0 Å². The van der Waals surface area contributed by atoms with E-state index in [1.165, 1.54) is 23.5 Å². The van der Waals surface area contributed by atoms with Crippen LogP contribution in [-0.4, -0.2) is 35.2 Å². The Balaban J connectivity index is 1.47. The maximum Gasteiger partial charge on any atom is 0.263 e. The zero-order valence-corrected chi connectivity index (χ0v) is 16.9. The number of hydrogen-bond acceptors (Lipinski definition) is 6. The first-order valence-electron chi connectivity index (χ1n) is 8.47. The van der Waals surface area contributed by atoms with Gasteiger partial charge in [0.2, 0.25) is 0 Å². The van der Waals surface area contributed by atoms with E-state index in [1.807, 2.05) is 24.8 Å². The van der Waals surface area contributed by atoms with Gasteiger partial charge in [-0.3, -0.25) is 4.79 Å². The quantitative estimate of drug-likeness (QED) is 0.655. The van der Waals surface area contributed by atoms with Gasteiger partial charge >= 0.3 is 0 Å². The number of carbonyl (C=O) groups excluding carboxylic acids is 1. The topological polar surface area (TPSA) is 84.1 Å². The van der Waals surface area contributed by atoms with Crippen molar-refractivity contribution in [3.63, 3.8) is 0 Å². The number of aromatic nitrogens is 2. The van der Waals surface area contributed by atoms with Crippen LogP contribution in [0.5, 0.6) is 0 Å². The van der Waals surface area contributed by atoms with Gasteiger partial charge in [0, 0.05) is 24.2 Å². The number of nitrogens with two attached hydrogens (primary N) is 1. The molecule has 1 aromatic carbocycles. The molecular formula is C18H19FN5OPS. The van der Waals surface area contributed by atoms with Gasteiger partial charge in [0.05, 0.1) is 17.4 Å². The van der Waals surface area contributed by atoms with Gasteiger partial charge in [0.25, 0.3) is 5.91 Å². The molecule has 0 bridgehead atoms. The van der Waals surface area contributed by atoms with Crippen LogP contribution in [0.3, 0.4) is 0 Å². The van der Waals surface area contributed by atoms with E-state index >= 15 is 0 Å². The first-order valence-corrected chi connectivity index (χ1v) is 9.86. The van der Waals surface area contributed by atoms with E-state index < -0.39 is 0 Å². The second kappa shape index (κ2) is 6.69. The van der Waals surface area contributed by atoms with Crippen molar-refractivity contribution in [2.45, 2.75) is 19.9 Å². The highest BCUT2D eigenvalue weighted by molar-refractivity contribution is 7.27. The van der Waals surface area contributed by atoms with Gasteiger partial charge in [-0.15, -0.1) is 25.7 Å². The van der Waals surface area contributed by atoms with Crippen LogP contribution in [0.1, 0.15) is 20.9 Å². The Hall–Kier alpha value is -2.31. The highest BCUT2D eigenvalue weighted by Gasteiger charge is 2.30. The maximum atomic E-state index is 13.6. The molecule has 1 aliphatic heterocycles. The Morgan fingerprint density at radius 3 is 2.78 bits per heavy atom. The van der Waals surface area contributed by atoms with Gasteiger partial charge in [0.1, 0.15) is 15.5 Å². The van der Waals surface area contributed by atoms with Gasteiger partial charge < -0.3 is 16.0 Å². The largest absolute Gasteiger partial charge is 0.397 e. The van der Waals surface area contributed by atoms with Crippen LogP contribution in [0, 0.1) is 19.7 Å². The minimum absolute atomic E-state index is 0.00717. The van der Waals surface area contributed by atoms with Gasteiger partial charge in [0.15, 0.2) is 0 Å². The molecule has 1 saturated heterocycles. The van der Waals surface area contributed by atoms with Crippen LogP contribution >= 0.6 is 20.6 Å². The SMILES string of the molecule is Cc1nnc2sc(C(=O)NC3CN(c4cc(F)cc(P)c4)C3)c(N)c2c1C. The lowest BCUT2D eigenvalue weighted by Gasteiger charge is -2.41. The number of hydrogen-bond donors (Lipinski definition) is 2. The lowest BCUT2D eigenvalue weighted by molar-refractivity contribution is 0.0935. The molecule has 3 aromatic rings. The second-order valence-corrected chi connectivity index (χ2v) is 8.42. The maximum absolute atomic E-state index is 13.6. The summed E-state index contributed by atoms with van der Waals surface area (Å²) in [5, 5.41) is 12.9. The Morgan fingerprint density at radius 2 is 2.07 bits per heavy atom. The summed E-state index contributed by atoms with van der Waals surface area (Å²) in [4.78, 5) is 15.8. The Labute approximate surface area is 162 Å². The number of benzene rings is 1. The molecule has 1 fully saturated rings. The van der Waals surface area contributed by atoms with Crippen molar-refractivity contribution in [3.05, 3.63) is 40.2 Å². The van der Waals surface area contributed by atoms with Crippen molar-refractivity contribution in [1.29, 1.82) is 0 Å². The summed E-state index contributed by atoms with van der Waals surface area (Å²) < 4.78 is 13.6. The number of fused-ring (bicyclic) bond motifs is 1. The lowest BCUT2D eigenvalue weighted by Crippen LogP contribution is -2.59. The third-order valence-electron chi connectivity index (χ3n) is 4.83. The summed E-state index contributed by atoms with van der Waals surface area (Å²) >= 11 is 1.26. The molecule has 3 heterocycles. The summed E-state index contributed by atoms with van der Waals surface area (Å²) in [6, 6.07) is 4.86. The molecule has 0 radical (unpaired) electrons. The molecular weight excluding hydrogens is 384 g/mol. The third-order valence-corrected chi connectivity index (χ3v) is 6.25. The van der Waals surface area contributed by atoms with Crippen LogP contribution < -0.4 is 21.3 Å². The molecule has 1 atom stereocenters. The fraction of sp³-hybridized carbons (Fsp3) is 0.278. The third kappa shape index (κ3) is 3.24. The smallest absolute Gasteiger partial charge is 0.263 e. The zero-order chi connectivity index (χ0) is 19.3. The van der Waals surface area contributed by atoms with E-state index in [0.29, 0.717) is 28.5 Å². The first kappa shape index (κ1) is 18.1. The number of amides is 1. The number of carbonyl (C=O) groups is 1. The van der Waals surface area contributed by atoms with Crippen molar-refractivity contribution in [2.24, 2.45) is 0 Å². The highest BCUT2D eigenvalue weighted by Crippen LogP contribution is 2.35. The van der Waals surface area contributed by atoms with Crippen molar-refractivity contribution in [2.75, 3.05) is 23.7 Å². The number of anilines is 2.